The third-order valence-electron chi connectivity index (χ3n) is 3.73. The number of benzene rings is 2. The van der Waals surface area contributed by atoms with Crippen LogP contribution in [-0.2, 0) is 14.3 Å². The van der Waals surface area contributed by atoms with Crippen LogP contribution >= 0.6 is 0 Å². The normalized spacial score (nSPS) is 10.1. The maximum Gasteiger partial charge on any atom is 0.306 e. The van der Waals surface area contributed by atoms with Crippen LogP contribution in [0.1, 0.15) is 35.7 Å². The molecule has 1 N–H and O–H groups in total. The molecule has 6 nitrogen and oxygen atoms in total. The van der Waals surface area contributed by atoms with E-state index in [1.54, 1.807) is 24.3 Å². The monoisotopic (exact) mass is 369 g/mol. The maximum absolute atomic E-state index is 11.9. The van der Waals surface area contributed by atoms with Gasteiger partial charge in [-0.2, -0.15) is 0 Å². The highest BCUT2D eigenvalue weighted by atomic mass is 16.5. The summed E-state index contributed by atoms with van der Waals surface area (Å²) in [5, 5.41) is 2.58. The highest BCUT2D eigenvalue weighted by Gasteiger charge is 2.11. The Bertz CT molecular complexity index is 816. The number of aryl methyl sites for hydroxylation is 1. The molecule has 0 radical (unpaired) electrons. The van der Waals surface area contributed by atoms with E-state index in [1.807, 2.05) is 31.2 Å². The molecule has 0 bridgehead atoms. The Morgan fingerprint density at radius 2 is 1.81 bits per heavy atom. The average molecular weight is 369 g/mol. The molecule has 0 aliphatic carbocycles. The fourth-order valence-corrected chi connectivity index (χ4v) is 2.42. The van der Waals surface area contributed by atoms with Gasteiger partial charge in [0.25, 0.3) is 5.91 Å². The van der Waals surface area contributed by atoms with Crippen molar-refractivity contribution < 1.29 is 23.9 Å². The van der Waals surface area contributed by atoms with Crippen LogP contribution in [0.3, 0.4) is 0 Å². The van der Waals surface area contributed by atoms with Crippen LogP contribution in [0.2, 0.25) is 0 Å². The number of hydrogen-bond acceptors (Lipinski definition) is 5. The molecule has 0 aromatic heterocycles. The van der Waals surface area contributed by atoms with Crippen LogP contribution in [0, 0.1) is 6.92 Å². The van der Waals surface area contributed by atoms with Crippen LogP contribution < -0.4 is 10.1 Å². The van der Waals surface area contributed by atoms with Crippen molar-refractivity contribution in [2.75, 3.05) is 18.5 Å². The largest absolute Gasteiger partial charge is 0.494 e. The molecule has 2 aromatic rings. The summed E-state index contributed by atoms with van der Waals surface area (Å²) < 4.78 is 10.5. The van der Waals surface area contributed by atoms with Crippen molar-refractivity contribution in [2.45, 2.75) is 26.7 Å². The third-order valence-corrected chi connectivity index (χ3v) is 3.73. The Balaban J connectivity index is 1.68. The number of nitrogens with one attached hydrogen (secondary N) is 1. The van der Waals surface area contributed by atoms with Gasteiger partial charge in [0.15, 0.2) is 12.4 Å². The first-order valence-electron chi connectivity index (χ1n) is 8.70. The van der Waals surface area contributed by atoms with Crippen molar-refractivity contribution in [2.24, 2.45) is 0 Å². The van der Waals surface area contributed by atoms with Crippen molar-refractivity contribution in [1.29, 1.82) is 0 Å². The summed E-state index contributed by atoms with van der Waals surface area (Å²) in [4.78, 5) is 35.2. The lowest BCUT2D eigenvalue weighted by molar-refractivity contribution is -0.147. The lowest BCUT2D eigenvalue weighted by Crippen LogP contribution is -2.22. The average Bonchev–Trinajstić information content (AvgIpc) is 2.64. The van der Waals surface area contributed by atoms with Gasteiger partial charge < -0.3 is 14.8 Å². The number of ether oxygens (including phenoxy) is 2. The first kappa shape index (κ1) is 20.2. The summed E-state index contributed by atoms with van der Waals surface area (Å²) in [7, 11) is 0. The number of para-hydroxylation sites is 1. The summed E-state index contributed by atoms with van der Waals surface area (Å²) >= 11 is 0. The van der Waals surface area contributed by atoms with Gasteiger partial charge >= 0.3 is 5.97 Å². The summed E-state index contributed by atoms with van der Waals surface area (Å²) in [6, 6.07) is 14.3. The first-order valence-corrected chi connectivity index (χ1v) is 8.70. The maximum atomic E-state index is 11.9. The quantitative estimate of drug-likeness (QED) is 0.415. The number of esters is 1. The number of ketones is 1. The van der Waals surface area contributed by atoms with Crippen LogP contribution in [0.15, 0.2) is 48.5 Å². The van der Waals surface area contributed by atoms with E-state index >= 15 is 0 Å². The van der Waals surface area contributed by atoms with Crippen molar-refractivity contribution in [3.05, 3.63) is 59.7 Å². The molecule has 142 valence electrons. The predicted octanol–water partition coefficient (Wildman–Crippen LogP) is 3.54. The van der Waals surface area contributed by atoms with Crippen molar-refractivity contribution in [1.82, 2.24) is 0 Å². The van der Waals surface area contributed by atoms with Crippen LogP contribution in [0.5, 0.6) is 5.75 Å². The minimum Gasteiger partial charge on any atom is -0.494 e. The van der Waals surface area contributed by atoms with Crippen molar-refractivity contribution >= 4 is 23.3 Å². The minimum absolute atomic E-state index is 0.156. The third kappa shape index (κ3) is 6.93. The van der Waals surface area contributed by atoms with E-state index in [2.05, 4.69) is 5.32 Å². The van der Waals surface area contributed by atoms with Crippen molar-refractivity contribution in [3.63, 3.8) is 0 Å². The van der Waals surface area contributed by atoms with Gasteiger partial charge in [0.2, 0.25) is 0 Å². The highest BCUT2D eigenvalue weighted by molar-refractivity contribution is 6.04. The van der Waals surface area contributed by atoms with Crippen molar-refractivity contribution in [3.8, 4) is 5.75 Å². The number of Topliss-reactive ketones (excluding diaryl/α,β-unsaturated/α-hetero) is 1. The summed E-state index contributed by atoms with van der Waals surface area (Å²) in [5.74, 6) is -0.366. The van der Waals surface area contributed by atoms with Gasteiger partial charge in [-0.3, -0.25) is 14.4 Å². The van der Waals surface area contributed by atoms with Gasteiger partial charge in [-0.25, -0.2) is 0 Å². The SMILES string of the molecule is CC(=O)c1ccccc1NC(=O)COC(=O)CCCOc1cccc(C)c1. The lowest BCUT2D eigenvalue weighted by atomic mass is 10.1. The molecule has 0 saturated carbocycles. The molecule has 0 atom stereocenters. The summed E-state index contributed by atoms with van der Waals surface area (Å²) in [6.45, 7) is 3.38. The Labute approximate surface area is 158 Å². The van der Waals surface area contributed by atoms with Gasteiger partial charge in [0, 0.05) is 12.0 Å². The number of carbonyl (C=O) groups excluding carboxylic acids is 3. The highest BCUT2D eigenvalue weighted by Crippen LogP contribution is 2.15. The molecular formula is C21H23NO5. The number of rotatable bonds is 9. The topological polar surface area (TPSA) is 81.7 Å². The minimum atomic E-state index is -0.493. The molecule has 0 saturated heterocycles. The van der Waals surface area contributed by atoms with Gasteiger partial charge in [-0.15, -0.1) is 0 Å². The molecule has 0 fully saturated rings. The molecule has 0 unspecified atom stereocenters. The molecule has 0 aliphatic heterocycles. The zero-order valence-electron chi connectivity index (χ0n) is 15.5. The van der Waals surface area contributed by atoms with E-state index in [1.165, 1.54) is 6.92 Å². The lowest BCUT2D eigenvalue weighted by Gasteiger charge is -2.10. The molecule has 6 heteroatoms. The second kappa shape index (κ2) is 10.1. The second-order valence-electron chi connectivity index (χ2n) is 6.08. The van der Waals surface area contributed by atoms with Crippen LogP contribution in [-0.4, -0.2) is 30.9 Å². The smallest absolute Gasteiger partial charge is 0.306 e. The molecule has 0 aliphatic rings. The molecular weight excluding hydrogens is 346 g/mol. The van der Waals surface area contributed by atoms with E-state index in [4.69, 9.17) is 9.47 Å². The summed E-state index contributed by atoms with van der Waals surface area (Å²) in [6.07, 6.45) is 0.644. The van der Waals surface area contributed by atoms with Crippen LogP contribution in [0.4, 0.5) is 5.69 Å². The van der Waals surface area contributed by atoms with E-state index in [0.717, 1.165) is 11.3 Å². The Hall–Kier alpha value is -3.15. The fourth-order valence-electron chi connectivity index (χ4n) is 2.42. The van der Waals surface area contributed by atoms with Gasteiger partial charge in [0.1, 0.15) is 5.75 Å². The van der Waals surface area contributed by atoms with E-state index in [0.29, 0.717) is 24.3 Å². The molecule has 0 heterocycles. The van der Waals surface area contributed by atoms with E-state index in [9.17, 15) is 14.4 Å². The number of hydrogen-bond donors (Lipinski definition) is 1. The molecule has 0 spiro atoms. The summed E-state index contributed by atoms with van der Waals surface area (Å²) in [5.41, 5.74) is 1.91. The number of carbonyl (C=O) groups is 3. The fraction of sp³-hybridized carbons (Fsp3) is 0.286. The zero-order valence-corrected chi connectivity index (χ0v) is 15.5. The molecule has 2 rings (SSSR count). The zero-order chi connectivity index (χ0) is 19.6. The van der Waals surface area contributed by atoms with Gasteiger partial charge in [-0.05, 0) is 50.1 Å². The molecule has 2 aromatic carbocycles. The Morgan fingerprint density at radius 3 is 2.56 bits per heavy atom. The Morgan fingerprint density at radius 1 is 1.04 bits per heavy atom. The first-order chi connectivity index (χ1) is 13.0. The number of anilines is 1. The molecule has 1 amide bonds. The second-order valence-corrected chi connectivity index (χ2v) is 6.08. The Kier molecular flexibility index (Phi) is 7.55. The molecule has 27 heavy (non-hydrogen) atoms. The van der Waals surface area contributed by atoms with Gasteiger partial charge in [-0.1, -0.05) is 24.3 Å². The van der Waals surface area contributed by atoms with E-state index in [-0.39, 0.29) is 12.2 Å². The number of amides is 1. The standard InChI is InChI=1S/C21H23NO5/c1-15-7-5-8-17(13-15)26-12-6-11-21(25)27-14-20(24)22-19-10-4-3-9-18(19)16(2)23/h3-5,7-10,13H,6,11-12,14H2,1-2H3,(H,22,24). The van der Waals surface area contributed by atoms with Gasteiger partial charge in [0.05, 0.1) is 12.3 Å². The van der Waals surface area contributed by atoms with E-state index < -0.39 is 18.5 Å². The van der Waals surface area contributed by atoms with Crippen LogP contribution in [0.25, 0.3) is 0 Å². The predicted molar refractivity (Wildman–Crippen MR) is 102 cm³/mol.